The maximum Gasteiger partial charge on any atom is 0.266 e. The zero-order valence-electron chi connectivity index (χ0n) is 12.7. The van der Waals surface area contributed by atoms with E-state index < -0.39 is 34.5 Å². The highest BCUT2D eigenvalue weighted by Crippen LogP contribution is 2.44. The fraction of sp³-hybridized carbons (Fsp3) is 0.250. The highest BCUT2D eigenvalue weighted by atomic mass is 79.9. The van der Waals surface area contributed by atoms with Crippen LogP contribution in [0, 0.1) is 20.2 Å². The number of nitrogens with zero attached hydrogens (tertiary/aromatic N) is 2. The largest absolute Gasteiger partial charge is 0.478 e. The first-order chi connectivity index (χ1) is 11.9. The molecule has 0 spiro atoms. The Morgan fingerprint density at radius 2 is 1.80 bits per heavy atom. The Morgan fingerprint density at radius 1 is 1.12 bits per heavy atom. The minimum absolute atomic E-state index is 0.402. The molecule has 1 aliphatic rings. The lowest BCUT2D eigenvalue weighted by Gasteiger charge is -2.33. The molecule has 1 heterocycles. The number of nitro groups is 2. The summed E-state index contributed by atoms with van der Waals surface area (Å²) >= 11 is 9.20. The van der Waals surface area contributed by atoms with Crippen molar-refractivity contribution in [3.63, 3.8) is 0 Å². The number of fused-ring (bicyclic) bond motifs is 1. The number of rotatable bonds is 4. The van der Waals surface area contributed by atoms with Crippen LogP contribution in [0.3, 0.4) is 0 Å². The Morgan fingerprint density at radius 3 is 2.40 bits per heavy atom. The summed E-state index contributed by atoms with van der Waals surface area (Å²) < 4.78 is 6.61. The van der Waals surface area contributed by atoms with E-state index in [9.17, 15) is 20.2 Å². The molecule has 0 aliphatic carbocycles. The summed E-state index contributed by atoms with van der Waals surface area (Å²) in [6, 6.07) is 10.2. The number of ether oxygens (including phenoxy) is 1. The van der Waals surface area contributed by atoms with Crippen molar-refractivity contribution in [3.05, 3.63) is 83.3 Å². The van der Waals surface area contributed by atoms with E-state index in [1.54, 1.807) is 42.5 Å². The van der Waals surface area contributed by atoms with E-state index in [1.165, 1.54) is 0 Å². The molecule has 0 fully saturated rings. The lowest BCUT2D eigenvalue weighted by Crippen LogP contribution is -2.42. The predicted molar refractivity (Wildman–Crippen MR) is 94.3 cm³/mol. The summed E-state index contributed by atoms with van der Waals surface area (Å²) in [5, 5.41) is 23.3. The zero-order valence-corrected chi connectivity index (χ0v) is 15.0. The van der Waals surface area contributed by atoms with E-state index in [1.807, 2.05) is 0 Å². The molecule has 0 amide bonds. The SMILES string of the molecule is O=[N+]([O-])C[C@@H]1c2ccc(Br)cc2O[C@@H](c2ccc(Cl)cc2)[C@H]1[N+](=O)[O-]. The lowest BCUT2D eigenvalue weighted by atomic mass is 9.83. The van der Waals surface area contributed by atoms with Crippen LogP contribution in [0.25, 0.3) is 0 Å². The monoisotopic (exact) mass is 426 g/mol. The molecule has 2 aromatic rings. The average Bonchev–Trinajstić information content (AvgIpc) is 2.54. The van der Waals surface area contributed by atoms with Gasteiger partial charge in [0.1, 0.15) is 11.7 Å². The predicted octanol–water partition coefficient (Wildman–Crippen LogP) is 4.24. The molecule has 130 valence electrons. The first kappa shape index (κ1) is 17.6. The van der Waals surface area contributed by atoms with Crippen LogP contribution >= 0.6 is 27.5 Å². The normalized spacial score (nSPS) is 21.9. The van der Waals surface area contributed by atoms with Crippen LogP contribution in [0.1, 0.15) is 23.1 Å². The van der Waals surface area contributed by atoms with Gasteiger partial charge in [-0.2, -0.15) is 0 Å². The van der Waals surface area contributed by atoms with Crippen LogP contribution in [0.15, 0.2) is 46.9 Å². The number of hydrogen-bond acceptors (Lipinski definition) is 5. The summed E-state index contributed by atoms with van der Waals surface area (Å²) in [7, 11) is 0. The Balaban J connectivity index is 2.13. The molecule has 3 atom stereocenters. The molecule has 25 heavy (non-hydrogen) atoms. The Labute approximate surface area is 156 Å². The van der Waals surface area contributed by atoms with Gasteiger partial charge in [0.15, 0.2) is 6.10 Å². The maximum absolute atomic E-state index is 11.7. The van der Waals surface area contributed by atoms with Crippen LogP contribution in [0.2, 0.25) is 5.02 Å². The summed E-state index contributed by atoms with van der Waals surface area (Å²) in [5.41, 5.74) is 1.01. The van der Waals surface area contributed by atoms with Crippen molar-refractivity contribution in [2.45, 2.75) is 18.1 Å². The number of halogens is 2. The molecule has 3 rings (SSSR count). The molecule has 0 N–H and O–H groups in total. The minimum atomic E-state index is -1.28. The molecule has 2 aromatic carbocycles. The van der Waals surface area contributed by atoms with Crippen molar-refractivity contribution < 1.29 is 14.6 Å². The quantitative estimate of drug-likeness (QED) is 0.537. The van der Waals surface area contributed by atoms with Crippen LogP contribution < -0.4 is 4.74 Å². The van der Waals surface area contributed by atoms with Gasteiger partial charge in [0.2, 0.25) is 6.54 Å². The zero-order chi connectivity index (χ0) is 18.1. The summed E-state index contributed by atoms with van der Waals surface area (Å²) in [5.74, 6) is -0.498. The fourth-order valence-electron chi connectivity index (χ4n) is 3.06. The van der Waals surface area contributed by atoms with E-state index >= 15 is 0 Å². The molecule has 0 bridgehead atoms. The summed E-state index contributed by atoms with van der Waals surface area (Å²) in [4.78, 5) is 21.8. The maximum atomic E-state index is 11.7. The van der Waals surface area contributed by atoms with E-state index in [0.717, 1.165) is 4.47 Å². The number of hydrogen-bond donors (Lipinski definition) is 0. The van der Waals surface area contributed by atoms with Gasteiger partial charge in [0.25, 0.3) is 6.04 Å². The first-order valence-electron chi connectivity index (χ1n) is 7.33. The van der Waals surface area contributed by atoms with Crippen molar-refractivity contribution in [2.24, 2.45) is 0 Å². The molecule has 0 radical (unpaired) electrons. The molecule has 0 saturated heterocycles. The molecule has 1 aliphatic heterocycles. The van der Waals surface area contributed by atoms with Crippen LogP contribution in [-0.2, 0) is 0 Å². The van der Waals surface area contributed by atoms with Crippen LogP contribution in [-0.4, -0.2) is 22.4 Å². The molecule has 0 aromatic heterocycles. The van der Waals surface area contributed by atoms with Gasteiger partial charge >= 0.3 is 0 Å². The van der Waals surface area contributed by atoms with E-state index in [-0.39, 0.29) is 0 Å². The average molecular weight is 428 g/mol. The highest BCUT2D eigenvalue weighted by Gasteiger charge is 2.49. The van der Waals surface area contributed by atoms with Gasteiger partial charge in [-0.1, -0.05) is 45.7 Å². The van der Waals surface area contributed by atoms with Gasteiger partial charge in [-0.15, -0.1) is 0 Å². The van der Waals surface area contributed by atoms with Crippen molar-refractivity contribution >= 4 is 27.5 Å². The van der Waals surface area contributed by atoms with Gasteiger partial charge in [-0.25, -0.2) is 0 Å². The number of benzene rings is 2. The molecule has 0 saturated carbocycles. The third-order valence-corrected chi connectivity index (χ3v) is 4.88. The molecular weight excluding hydrogens is 416 g/mol. The summed E-state index contributed by atoms with van der Waals surface area (Å²) in [6.07, 6.45) is -0.945. The Bertz CT molecular complexity index is 830. The van der Waals surface area contributed by atoms with E-state index in [2.05, 4.69) is 15.9 Å². The van der Waals surface area contributed by atoms with Crippen LogP contribution in [0.5, 0.6) is 5.75 Å². The molecule has 0 unspecified atom stereocenters. The highest BCUT2D eigenvalue weighted by molar-refractivity contribution is 9.10. The second-order valence-corrected chi connectivity index (χ2v) is 7.02. The van der Waals surface area contributed by atoms with Crippen molar-refractivity contribution in [2.75, 3.05) is 6.54 Å². The van der Waals surface area contributed by atoms with Gasteiger partial charge in [-0.05, 0) is 29.8 Å². The van der Waals surface area contributed by atoms with Gasteiger partial charge in [-0.3, -0.25) is 20.2 Å². The van der Waals surface area contributed by atoms with Crippen molar-refractivity contribution in [1.82, 2.24) is 0 Å². The van der Waals surface area contributed by atoms with Gasteiger partial charge in [0, 0.05) is 24.9 Å². The Hall–Kier alpha value is -2.19. The third-order valence-electron chi connectivity index (χ3n) is 4.14. The Kier molecular flexibility index (Phi) is 4.91. The molecular formula is C16H12BrClN2O5. The van der Waals surface area contributed by atoms with Crippen molar-refractivity contribution in [3.8, 4) is 5.75 Å². The minimum Gasteiger partial charge on any atom is -0.478 e. The van der Waals surface area contributed by atoms with Crippen molar-refractivity contribution in [1.29, 1.82) is 0 Å². The second-order valence-electron chi connectivity index (χ2n) is 5.67. The second kappa shape index (κ2) is 6.97. The van der Waals surface area contributed by atoms with Crippen LogP contribution in [0.4, 0.5) is 0 Å². The summed E-state index contributed by atoms with van der Waals surface area (Å²) in [6.45, 7) is -0.548. The third kappa shape index (κ3) is 3.59. The molecule has 7 nitrogen and oxygen atoms in total. The van der Waals surface area contributed by atoms with E-state index in [4.69, 9.17) is 16.3 Å². The fourth-order valence-corrected chi connectivity index (χ4v) is 3.53. The standard InChI is InChI=1S/C16H12BrClN2O5/c17-10-3-6-12-13(8-19(21)22)15(20(23)24)16(25-14(12)7-10)9-1-4-11(18)5-2-9/h1-7,13,15-16H,8H2/t13-,15+,16+/m1/s1. The first-order valence-corrected chi connectivity index (χ1v) is 8.51. The van der Waals surface area contributed by atoms with E-state index in [0.29, 0.717) is 21.9 Å². The van der Waals surface area contributed by atoms with Gasteiger partial charge < -0.3 is 4.74 Å². The smallest absolute Gasteiger partial charge is 0.266 e. The molecule has 9 heteroatoms. The lowest BCUT2D eigenvalue weighted by molar-refractivity contribution is -0.558. The topological polar surface area (TPSA) is 95.5 Å². The van der Waals surface area contributed by atoms with Gasteiger partial charge in [0.05, 0.1) is 0 Å².